The van der Waals surface area contributed by atoms with Crippen molar-refractivity contribution in [3.05, 3.63) is 40.6 Å². The van der Waals surface area contributed by atoms with E-state index in [4.69, 9.17) is 5.11 Å². The molecule has 0 amide bonds. The Hall–Kier alpha value is -1.42. The number of carboxylic acid groups (broad SMARTS) is 1. The third-order valence-electron chi connectivity index (χ3n) is 1.98. The van der Waals surface area contributed by atoms with E-state index in [1.807, 2.05) is 6.07 Å². The molecule has 3 nitrogen and oxygen atoms in total. The van der Waals surface area contributed by atoms with Crippen LogP contribution in [0.5, 0.6) is 0 Å². The Morgan fingerprint density at radius 2 is 2.07 bits per heavy atom. The number of aromatic carboxylic acids is 1. The second-order valence-corrected chi connectivity index (χ2v) is 3.68. The van der Waals surface area contributed by atoms with Gasteiger partial charge in [-0.2, -0.15) is 0 Å². The molecular weight excluding hydrogens is 246 g/mol. The predicted molar refractivity (Wildman–Crippen MR) is 56.4 cm³/mol. The van der Waals surface area contributed by atoms with Crippen molar-refractivity contribution < 1.29 is 9.90 Å². The number of pyridine rings is 1. The average molecular weight is 252 g/mol. The monoisotopic (exact) mass is 251 g/mol. The summed E-state index contributed by atoms with van der Waals surface area (Å²) in [5, 5.41) is 10.4. The van der Waals surface area contributed by atoms with Gasteiger partial charge < -0.3 is 5.11 Å². The largest absolute Gasteiger partial charge is 0.478 e. The van der Waals surface area contributed by atoms with Gasteiger partial charge >= 0.3 is 5.97 Å². The highest BCUT2D eigenvalue weighted by Crippen LogP contribution is 2.25. The van der Waals surface area contributed by atoms with Crippen molar-refractivity contribution in [2.24, 2.45) is 0 Å². The van der Waals surface area contributed by atoms with Gasteiger partial charge in [-0.15, -0.1) is 0 Å². The molecule has 0 bridgehead atoms. The number of rotatable bonds is 1. The fraction of sp³-hybridized carbons (Fsp3) is 0. The zero-order valence-electron chi connectivity index (χ0n) is 7.07. The minimum Gasteiger partial charge on any atom is -0.478 e. The summed E-state index contributed by atoms with van der Waals surface area (Å²) in [6.07, 6.45) is 3.00. The van der Waals surface area contributed by atoms with Crippen molar-refractivity contribution in [1.82, 2.24) is 4.98 Å². The summed E-state index contributed by atoms with van der Waals surface area (Å²) in [6.45, 7) is 0. The fourth-order valence-electron chi connectivity index (χ4n) is 1.33. The number of fused-ring (bicyclic) bond motifs is 1. The molecule has 0 saturated heterocycles. The van der Waals surface area contributed by atoms with E-state index >= 15 is 0 Å². The molecule has 4 heteroatoms. The molecule has 14 heavy (non-hydrogen) atoms. The molecule has 1 N–H and O–H groups in total. The van der Waals surface area contributed by atoms with E-state index in [-0.39, 0.29) is 5.56 Å². The van der Waals surface area contributed by atoms with Crippen molar-refractivity contribution in [2.45, 2.75) is 0 Å². The Balaban J connectivity index is 2.88. The molecule has 0 atom stereocenters. The van der Waals surface area contributed by atoms with Crippen molar-refractivity contribution in [3.8, 4) is 0 Å². The van der Waals surface area contributed by atoms with Crippen LogP contribution in [0.2, 0.25) is 0 Å². The number of nitrogens with zero attached hydrogens (tertiary/aromatic N) is 1. The van der Waals surface area contributed by atoms with Crippen LogP contribution in [0.1, 0.15) is 10.4 Å². The van der Waals surface area contributed by atoms with E-state index in [2.05, 4.69) is 20.9 Å². The summed E-state index contributed by atoms with van der Waals surface area (Å²) in [6, 6.07) is 5.43. The molecule has 0 aliphatic rings. The Morgan fingerprint density at radius 3 is 2.79 bits per heavy atom. The smallest absolute Gasteiger partial charge is 0.337 e. The van der Waals surface area contributed by atoms with E-state index in [1.165, 1.54) is 6.20 Å². The number of hydrogen-bond donors (Lipinski definition) is 1. The van der Waals surface area contributed by atoms with Crippen LogP contribution in [-0.4, -0.2) is 16.1 Å². The minimum atomic E-state index is -0.957. The van der Waals surface area contributed by atoms with Crippen LogP contribution in [0.4, 0.5) is 0 Å². The number of aromatic nitrogens is 1. The summed E-state index contributed by atoms with van der Waals surface area (Å²) >= 11 is 3.35. The number of carboxylic acids is 1. The minimum absolute atomic E-state index is 0.226. The summed E-state index contributed by atoms with van der Waals surface area (Å²) in [5.41, 5.74) is 0.226. The number of benzene rings is 1. The van der Waals surface area contributed by atoms with Gasteiger partial charge in [-0.05, 0) is 6.07 Å². The van der Waals surface area contributed by atoms with Gasteiger partial charge in [-0.25, -0.2) is 4.79 Å². The standard InChI is InChI=1S/C10H6BrNO2/c11-9-3-1-2-6-7(9)4-12-5-8(6)10(13)14/h1-5H,(H,13,14). The molecule has 0 saturated carbocycles. The van der Waals surface area contributed by atoms with Crippen molar-refractivity contribution in [3.63, 3.8) is 0 Å². The summed E-state index contributed by atoms with van der Waals surface area (Å²) < 4.78 is 0.852. The second kappa shape index (κ2) is 3.38. The molecule has 1 aromatic heterocycles. The first-order valence-corrected chi connectivity index (χ1v) is 4.75. The van der Waals surface area contributed by atoms with E-state index in [0.717, 1.165) is 9.86 Å². The Kier molecular flexibility index (Phi) is 2.21. The molecule has 2 aromatic rings. The van der Waals surface area contributed by atoms with Gasteiger partial charge in [0.2, 0.25) is 0 Å². The fourth-order valence-corrected chi connectivity index (χ4v) is 1.80. The number of halogens is 1. The molecule has 0 unspecified atom stereocenters. The normalized spacial score (nSPS) is 10.4. The van der Waals surface area contributed by atoms with Crippen LogP contribution >= 0.6 is 15.9 Å². The quantitative estimate of drug-likeness (QED) is 0.848. The third-order valence-corrected chi connectivity index (χ3v) is 2.67. The number of hydrogen-bond acceptors (Lipinski definition) is 2. The maximum Gasteiger partial charge on any atom is 0.337 e. The van der Waals surface area contributed by atoms with Gasteiger partial charge in [0, 0.05) is 27.6 Å². The first-order chi connectivity index (χ1) is 6.70. The molecule has 2 rings (SSSR count). The Bertz CT molecular complexity index is 510. The van der Waals surface area contributed by atoms with E-state index in [0.29, 0.717) is 5.39 Å². The second-order valence-electron chi connectivity index (χ2n) is 2.83. The van der Waals surface area contributed by atoms with E-state index < -0.39 is 5.97 Å². The first kappa shape index (κ1) is 9.15. The van der Waals surface area contributed by atoms with Gasteiger partial charge in [0.25, 0.3) is 0 Å². The number of carbonyl (C=O) groups is 1. The lowest BCUT2D eigenvalue weighted by molar-refractivity contribution is 0.0698. The van der Waals surface area contributed by atoms with Crippen LogP contribution in [0.3, 0.4) is 0 Å². The van der Waals surface area contributed by atoms with Gasteiger partial charge in [-0.1, -0.05) is 28.1 Å². The molecule has 0 fully saturated rings. The van der Waals surface area contributed by atoms with Crippen LogP contribution < -0.4 is 0 Å². The van der Waals surface area contributed by atoms with Crippen molar-refractivity contribution in [1.29, 1.82) is 0 Å². The Labute approximate surface area is 88.5 Å². The highest BCUT2D eigenvalue weighted by Gasteiger charge is 2.09. The van der Waals surface area contributed by atoms with Crippen LogP contribution in [0, 0.1) is 0 Å². The molecule has 0 spiro atoms. The van der Waals surface area contributed by atoms with Crippen molar-refractivity contribution in [2.75, 3.05) is 0 Å². The Morgan fingerprint density at radius 1 is 1.29 bits per heavy atom. The van der Waals surface area contributed by atoms with Gasteiger partial charge in [0.15, 0.2) is 0 Å². The lowest BCUT2D eigenvalue weighted by atomic mass is 10.1. The molecule has 1 aromatic carbocycles. The zero-order valence-corrected chi connectivity index (χ0v) is 8.65. The van der Waals surface area contributed by atoms with Crippen molar-refractivity contribution >= 4 is 32.7 Å². The molecule has 70 valence electrons. The summed E-state index contributed by atoms with van der Waals surface area (Å²) in [4.78, 5) is 14.8. The summed E-state index contributed by atoms with van der Waals surface area (Å²) in [7, 11) is 0. The van der Waals surface area contributed by atoms with Crippen LogP contribution in [0.15, 0.2) is 35.1 Å². The SMILES string of the molecule is O=C(O)c1cncc2c(Br)cccc12. The molecule has 1 heterocycles. The molecule has 0 radical (unpaired) electrons. The van der Waals surface area contributed by atoms with Crippen LogP contribution in [-0.2, 0) is 0 Å². The highest BCUT2D eigenvalue weighted by molar-refractivity contribution is 9.10. The van der Waals surface area contributed by atoms with E-state index in [9.17, 15) is 4.79 Å². The average Bonchev–Trinajstić information content (AvgIpc) is 2.17. The first-order valence-electron chi connectivity index (χ1n) is 3.95. The topological polar surface area (TPSA) is 50.2 Å². The third kappa shape index (κ3) is 1.37. The van der Waals surface area contributed by atoms with Crippen LogP contribution in [0.25, 0.3) is 10.8 Å². The lowest BCUT2D eigenvalue weighted by Crippen LogP contribution is -1.98. The van der Waals surface area contributed by atoms with Gasteiger partial charge in [-0.3, -0.25) is 4.98 Å². The summed E-state index contributed by atoms with van der Waals surface area (Å²) in [5.74, 6) is -0.957. The highest BCUT2D eigenvalue weighted by atomic mass is 79.9. The van der Waals surface area contributed by atoms with Gasteiger partial charge in [0.1, 0.15) is 0 Å². The molecular formula is C10H6BrNO2. The predicted octanol–water partition coefficient (Wildman–Crippen LogP) is 2.70. The lowest BCUT2D eigenvalue weighted by Gasteiger charge is -2.02. The maximum atomic E-state index is 10.9. The molecule has 0 aliphatic carbocycles. The van der Waals surface area contributed by atoms with E-state index in [1.54, 1.807) is 18.3 Å². The maximum absolute atomic E-state index is 10.9. The molecule has 0 aliphatic heterocycles. The van der Waals surface area contributed by atoms with Gasteiger partial charge in [0.05, 0.1) is 5.56 Å². The zero-order chi connectivity index (χ0) is 10.1.